The van der Waals surface area contributed by atoms with Gasteiger partial charge in [-0.1, -0.05) is 17.7 Å². The maximum atomic E-state index is 13.8. The lowest BCUT2D eigenvalue weighted by Gasteiger charge is -2.18. The maximum absolute atomic E-state index is 13.8. The van der Waals surface area contributed by atoms with Crippen molar-refractivity contribution in [2.24, 2.45) is 0 Å². The molecule has 1 saturated heterocycles. The second-order valence-electron chi connectivity index (χ2n) is 7.04. The Balaban J connectivity index is 1.66. The smallest absolute Gasteiger partial charge is 0.322 e. The van der Waals surface area contributed by atoms with Crippen molar-refractivity contribution in [2.75, 3.05) is 21.9 Å². The molecular formula is C20H16ClF3N4O3S. The summed E-state index contributed by atoms with van der Waals surface area (Å²) in [5, 5.41) is 6.49. The van der Waals surface area contributed by atoms with Gasteiger partial charge in [0.15, 0.2) is 5.69 Å². The molecule has 7 nitrogen and oxygen atoms in total. The SMILES string of the molecule is O=C(Nc1cccc(N2CCCS2(=O)=O)c1)c1cnn(-c2ccc(Cl)cc2)c1C(F)(F)F. The van der Waals surface area contributed by atoms with Crippen molar-refractivity contribution in [3.8, 4) is 5.69 Å². The molecule has 32 heavy (non-hydrogen) atoms. The number of benzene rings is 2. The first-order valence-electron chi connectivity index (χ1n) is 9.39. The lowest BCUT2D eigenvalue weighted by molar-refractivity contribution is -0.143. The van der Waals surface area contributed by atoms with Gasteiger partial charge in [0.25, 0.3) is 5.91 Å². The molecule has 2 aromatic carbocycles. The molecule has 1 fully saturated rings. The molecule has 0 spiro atoms. The predicted octanol–water partition coefficient (Wildman–Crippen LogP) is 4.34. The van der Waals surface area contributed by atoms with E-state index in [9.17, 15) is 26.4 Å². The highest BCUT2D eigenvalue weighted by atomic mass is 35.5. The zero-order valence-electron chi connectivity index (χ0n) is 16.3. The van der Waals surface area contributed by atoms with Crippen LogP contribution < -0.4 is 9.62 Å². The summed E-state index contributed by atoms with van der Waals surface area (Å²) in [5.74, 6) is -1.01. The first-order chi connectivity index (χ1) is 15.1. The lowest BCUT2D eigenvalue weighted by atomic mass is 10.2. The summed E-state index contributed by atoms with van der Waals surface area (Å²) < 4.78 is 67.5. The van der Waals surface area contributed by atoms with Gasteiger partial charge in [-0.05, 0) is 48.9 Å². The van der Waals surface area contributed by atoms with Crippen LogP contribution in [-0.4, -0.2) is 36.4 Å². The van der Waals surface area contributed by atoms with Crippen LogP contribution in [0.4, 0.5) is 24.5 Å². The van der Waals surface area contributed by atoms with Crippen molar-refractivity contribution < 1.29 is 26.4 Å². The van der Waals surface area contributed by atoms with Crippen LogP contribution in [0.5, 0.6) is 0 Å². The summed E-state index contributed by atoms with van der Waals surface area (Å²) in [6, 6.07) is 11.5. The largest absolute Gasteiger partial charge is 0.434 e. The van der Waals surface area contributed by atoms with Gasteiger partial charge in [-0.2, -0.15) is 18.3 Å². The van der Waals surface area contributed by atoms with Gasteiger partial charge in [-0.15, -0.1) is 0 Å². The van der Waals surface area contributed by atoms with Crippen molar-refractivity contribution >= 4 is 38.9 Å². The topological polar surface area (TPSA) is 84.3 Å². The zero-order valence-corrected chi connectivity index (χ0v) is 17.9. The van der Waals surface area contributed by atoms with Crippen molar-refractivity contribution in [3.63, 3.8) is 0 Å². The maximum Gasteiger partial charge on any atom is 0.434 e. The Morgan fingerprint density at radius 2 is 1.81 bits per heavy atom. The summed E-state index contributed by atoms with van der Waals surface area (Å²) >= 11 is 5.80. The molecule has 0 aliphatic carbocycles. The number of carbonyl (C=O) groups is 1. The van der Waals surface area contributed by atoms with E-state index in [0.29, 0.717) is 28.4 Å². The van der Waals surface area contributed by atoms with Crippen molar-refractivity contribution in [3.05, 3.63) is 71.0 Å². The highest BCUT2D eigenvalue weighted by Gasteiger charge is 2.40. The molecular weight excluding hydrogens is 469 g/mol. The third kappa shape index (κ3) is 4.30. The Kier molecular flexibility index (Phi) is 5.63. The average Bonchev–Trinajstić information content (AvgIpc) is 3.32. The molecule has 1 amide bonds. The van der Waals surface area contributed by atoms with Gasteiger partial charge in [-0.3, -0.25) is 9.10 Å². The van der Waals surface area contributed by atoms with Crippen LogP contribution in [0.25, 0.3) is 5.69 Å². The van der Waals surface area contributed by atoms with Crippen LogP contribution in [0.15, 0.2) is 54.7 Å². The van der Waals surface area contributed by atoms with Crippen molar-refractivity contribution in [1.82, 2.24) is 9.78 Å². The second-order valence-corrected chi connectivity index (χ2v) is 9.49. The Labute approximate surface area is 186 Å². The quantitative estimate of drug-likeness (QED) is 0.597. The number of hydrogen-bond acceptors (Lipinski definition) is 4. The van der Waals surface area contributed by atoms with E-state index >= 15 is 0 Å². The van der Waals surface area contributed by atoms with Crippen LogP contribution in [0.3, 0.4) is 0 Å². The Morgan fingerprint density at radius 3 is 2.44 bits per heavy atom. The predicted molar refractivity (Wildman–Crippen MR) is 114 cm³/mol. The van der Waals surface area contributed by atoms with E-state index < -0.39 is 33.4 Å². The number of nitrogens with one attached hydrogen (secondary N) is 1. The molecule has 0 radical (unpaired) electrons. The number of anilines is 2. The first kappa shape index (κ1) is 22.2. The average molecular weight is 485 g/mol. The monoisotopic (exact) mass is 484 g/mol. The van der Waals surface area contributed by atoms with Crippen LogP contribution >= 0.6 is 11.6 Å². The number of carbonyl (C=O) groups excluding carboxylic acids is 1. The molecule has 2 heterocycles. The minimum atomic E-state index is -4.87. The molecule has 0 unspecified atom stereocenters. The van der Waals surface area contributed by atoms with Gasteiger partial charge in [0, 0.05) is 17.3 Å². The number of alkyl halides is 3. The third-order valence-corrected chi connectivity index (χ3v) is 6.97. The van der Waals surface area contributed by atoms with Gasteiger partial charge < -0.3 is 5.32 Å². The van der Waals surface area contributed by atoms with Gasteiger partial charge in [0.1, 0.15) is 0 Å². The van der Waals surface area contributed by atoms with Crippen LogP contribution in [0.1, 0.15) is 22.5 Å². The Hall–Kier alpha value is -3.05. The van der Waals surface area contributed by atoms with Gasteiger partial charge in [-0.25, -0.2) is 13.1 Å². The molecule has 1 aliphatic heterocycles. The highest BCUT2D eigenvalue weighted by molar-refractivity contribution is 7.93. The number of nitrogens with zero attached hydrogens (tertiary/aromatic N) is 3. The van der Waals surface area contributed by atoms with E-state index in [1.807, 2.05) is 0 Å². The summed E-state index contributed by atoms with van der Waals surface area (Å²) in [4.78, 5) is 12.7. The van der Waals surface area contributed by atoms with Crippen molar-refractivity contribution in [2.45, 2.75) is 12.6 Å². The fourth-order valence-corrected chi connectivity index (χ4v) is 5.11. The van der Waals surface area contributed by atoms with E-state index in [1.165, 1.54) is 46.8 Å². The fourth-order valence-electron chi connectivity index (χ4n) is 3.43. The normalized spacial score (nSPS) is 15.7. The molecule has 0 bridgehead atoms. The number of halogens is 4. The van der Waals surface area contributed by atoms with E-state index in [2.05, 4.69) is 10.4 Å². The van der Waals surface area contributed by atoms with E-state index in [4.69, 9.17) is 11.6 Å². The molecule has 3 aromatic rings. The number of aromatic nitrogens is 2. The number of rotatable bonds is 4. The molecule has 168 valence electrons. The van der Waals surface area contributed by atoms with E-state index in [1.54, 1.807) is 6.07 Å². The molecule has 0 saturated carbocycles. The fraction of sp³-hybridized carbons (Fsp3) is 0.200. The van der Waals surface area contributed by atoms with Gasteiger partial charge in [0.05, 0.1) is 28.9 Å². The number of hydrogen-bond donors (Lipinski definition) is 1. The molecule has 1 N–H and O–H groups in total. The summed E-state index contributed by atoms with van der Waals surface area (Å²) in [7, 11) is -3.44. The van der Waals surface area contributed by atoms with Crippen LogP contribution in [0.2, 0.25) is 5.02 Å². The second kappa shape index (κ2) is 8.14. The zero-order chi connectivity index (χ0) is 23.1. The molecule has 12 heteroatoms. The minimum Gasteiger partial charge on any atom is -0.322 e. The van der Waals surface area contributed by atoms with Gasteiger partial charge >= 0.3 is 6.18 Å². The van der Waals surface area contributed by atoms with Crippen LogP contribution in [0, 0.1) is 0 Å². The molecule has 1 aliphatic rings. The van der Waals surface area contributed by atoms with Crippen LogP contribution in [-0.2, 0) is 16.2 Å². The van der Waals surface area contributed by atoms with E-state index in [0.717, 1.165) is 6.20 Å². The number of sulfonamides is 1. The summed E-state index contributed by atoms with van der Waals surface area (Å²) in [6.07, 6.45) is -3.56. The Bertz CT molecular complexity index is 1270. The van der Waals surface area contributed by atoms with E-state index in [-0.39, 0.29) is 17.1 Å². The molecule has 0 atom stereocenters. The Morgan fingerprint density at radius 1 is 1.09 bits per heavy atom. The molecule has 1 aromatic heterocycles. The standard InChI is InChI=1S/C20H16ClF3N4O3S/c21-13-5-7-15(8-6-13)28-18(20(22,23)24)17(12-25-28)19(29)26-14-3-1-4-16(11-14)27-9-2-10-32(27,30)31/h1,3-8,11-12H,2,9-10H2,(H,26,29). The highest BCUT2D eigenvalue weighted by Crippen LogP contribution is 2.34. The number of amides is 1. The minimum absolute atomic E-state index is 0.0163. The first-order valence-corrected chi connectivity index (χ1v) is 11.4. The van der Waals surface area contributed by atoms with Crippen molar-refractivity contribution in [1.29, 1.82) is 0 Å². The molecule has 4 rings (SSSR count). The summed E-state index contributed by atoms with van der Waals surface area (Å²) in [5.41, 5.74) is -1.35. The summed E-state index contributed by atoms with van der Waals surface area (Å²) in [6.45, 7) is 0.297. The lowest BCUT2D eigenvalue weighted by Crippen LogP contribution is -2.25. The van der Waals surface area contributed by atoms with Gasteiger partial charge in [0.2, 0.25) is 10.0 Å². The third-order valence-electron chi connectivity index (χ3n) is 4.84.